The van der Waals surface area contributed by atoms with Crippen molar-refractivity contribution < 1.29 is 37.0 Å². The van der Waals surface area contributed by atoms with Gasteiger partial charge in [-0.25, -0.2) is 17.6 Å². The van der Waals surface area contributed by atoms with Gasteiger partial charge in [0.05, 0.1) is 35.3 Å². The van der Waals surface area contributed by atoms with Crippen molar-refractivity contribution in [2.24, 2.45) is 5.92 Å². The number of sulfonamides is 1. The van der Waals surface area contributed by atoms with Crippen molar-refractivity contribution in [3.05, 3.63) is 84.2 Å². The first-order valence-corrected chi connectivity index (χ1v) is 17.5. The molecule has 0 unspecified atom stereocenters. The topological polar surface area (TPSA) is 138 Å². The lowest BCUT2D eigenvalue weighted by Crippen LogP contribution is -2.48. The van der Waals surface area contributed by atoms with Crippen LogP contribution in [-0.4, -0.2) is 86.3 Å². The Kier molecular flexibility index (Phi) is 12.9. The fourth-order valence-corrected chi connectivity index (χ4v) is 6.60. The quantitative estimate of drug-likeness (QED) is 0.282. The number of nitrogens with zero attached hydrogens (tertiary/aromatic N) is 2. The first-order valence-electron chi connectivity index (χ1n) is 16.1. The molecule has 3 N–H and O–H groups in total. The predicted molar refractivity (Wildman–Crippen MR) is 182 cm³/mol. The summed E-state index contributed by atoms with van der Waals surface area (Å²) >= 11 is 0. The number of rotatable bonds is 8. The SMILES string of the molecule is C[C@@H]1CCCCO[C@@H](CN(C)S(=O)(=O)c2ccc(F)cc2)[C@@H](C)CN([C@H](C)CO)C(=O)c2cc(NC(=O)Nc3ccccc3)ccc2O1. The van der Waals surface area contributed by atoms with Crippen molar-refractivity contribution in [1.82, 2.24) is 9.21 Å². The summed E-state index contributed by atoms with van der Waals surface area (Å²) in [6.45, 7) is 5.64. The number of ether oxygens (including phenoxy) is 2. The Morgan fingerprint density at radius 3 is 2.42 bits per heavy atom. The van der Waals surface area contributed by atoms with Crippen LogP contribution in [0.3, 0.4) is 0 Å². The second kappa shape index (κ2) is 16.9. The molecule has 0 aliphatic carbocycles. The van der Waals surface area contributed by atoms with Crippen LogP contribution in [0.15, 0.2) is 77.7 Å². The van der Waals surface area contributed by atoms with Crippen molar-refractivity contribution >= 4 is 33.3 Å². The van der Waals surface area contributed by atoms with Gasteiger partial charge < -0.3 is 30.1 Å². The maximum atomic E-state index is 14.3. The second-order valence-corrected chi connectivity index (χ2v) is 14.2. The smallest absolute Gasteiger partial charge is 0.323 e. The summed E-state index contributed by atoms with van der Waals surface area (Å²) < 4.78 is 53.9. The minimum absolute atomic E-state index is 0.0168. The maximum absolute atomic E-state index is 14.3. The van der Waals surface area contributed by atoms with Crippen LogP contribution in [0.1, 0.15) is 50.4 Å². The number of likely N-dealkylation sites (N-methyl/N-ethyl adjacent to an activating group) is 1. The maximum Gasteiger partial charge on any atom is 0.323 e. The minimum atomic E-state index is -3.96. The molecule has 13 heteroatoms. The fraction of sp³-hybridized carbons (Fsp3) is 0.429. The number of halogens is 1. The number of anilines is 2. The average Bonchev–Trinajstić information content (AvgIpc) is 3.06. The molecule has 3 aromatic rings. The zero-order valence-electron chi connectivity index (χ0n) is 27.8. The highest BCUT2D eigenvalue weighted by Gasteiger charge is 2.32. The zero-order valence-corrected chi connectivity index (χ0v) is 28.6. The number of aliphatic hydroxyl groups excluding tert-OH is 1. The lowest BCUT2D eigenvalue weighted by molar-refractivity contribution is -0.00834. The van der Waals surface area contributed by atoms with Crippen molar-refractivity contribution in [3.63, 3.8) is 0 Å². The van der Waals surface area contributed by atoms with Gasteiger partial charge in [0.25, 0.3) is 5.91 Å². The van der Waals surface area contributed by atoms with Gasteiger partial charge >= 0.3 is 6.03 Å². The Labute approximate surface area is 282 Å². The van der Waals surface area contributed by atoms with E-state index in [4.69, 9.17) is 9.47 Å². The third-order valence-electron chi connectivity index (χ3n) is 8.30. The number of urea groups is 1. The van der Waals surface area contributed by atoms with Gasteiger partial charge in [-0.2, -0.15) is 4.31 Å². The van der Waals surface area contributed by atoms with Gasteiger partial charge in [0.15, 0.2) is 0 Å². The van der Waals surface area contributed by atoms with Crippen molar-refractivity contribution in [3.8, 4) is 5.75 Å². The summed E-state index contributed by atoms with van der Waals surface area (Å²) in [6.07, 6.45) is 1.28. The van der Waals surface area contributed by atoms with E-state index in [1.54, 1.807) is 49.4 Å². The number of para-hydroxylation sites is 1. The molecule has 0 spiro atoms. The van der Waals surface area contributed by atoms with Gasteiger partial charge in [-0.05, 0) is 87.7 Å². The molecule has 0 fully saturated rings. The largest absolute Gasteiger partial charge is 0.490 e. The molecule has 0 saturated heterocycles. The first-order chi connectivity index (χ1) is 22.9. The van der Waals surface area contributed by atoms with Crippen LogP contribution >= 0.6 is 0 Å². The number of aliphatic hydroxyl groups is 1. The molecule has 1 heterocycles. The van der Waals surface area contributed by atoms with Gasteiger partial charge in [-0.3, -0.25) is 4.79 Å². The van der Waals surface area contributed by atoms with Crippen molar-refractivity contribution in [1.29, 1.82) is 0 Å². The number of hydrogen-bond donors (Lipinski definition) is 3. The van der Waals surface area contributed by atoms with Crippen LogP contribution in [0.2, 0.25) is 0 Å². The van der Waals surface area contributed by atoms with E-state index in [-0.39, 0.29) is 42.2 Å². The van der Waals surface area contributed by atoms with Crippen LogP contribution in [0.25, 0.3) is 0 Å². The van der Waals surface area contributed by atoms with E-state index in [2.05, 4.69) is 10.6 Å². The van der Waals surface area contributed by atoms with Crippen LogP contribution in [-0.2, 0) is 14.8 Å². The molecule has 48 heavy (non-hydrogen) atoms. The number of benzene rings is 3. The summed E-state index contributed by atoms with van der Waals surface area (Å²) in [6, 6.07) is 17.4. The Morgan fingerprint density at radius 1 is 1.04 bits per heavy atom. The predicted octanol–water partition coefficient (Wildman–Crippen LogP) is 5.59. The number of nitrogens with one attached hydrogen (secondary N) is 2. The number of fused-ring (bicyclic) bond motifs is 1. The van der Waals surface area contributed by atoms with E-state index in [1.165, 1.54) is 28.4 Å². The number of carbonyl (C=O) groups excluding carboxylic acids is 2. The minimum Gasteiger partial charge on any atom is -0.490 e. The van der Waals surface area contributed by atoms with E-state index in [0.29, 0.717) is 36.6 Å². The van der Waals surface area contributed by atoms with E-state index >= 15 is 0 Å². The average molecular weight is 685 g/mol. The molecule has 11 nitrogen and oxygen atoms in total. The van der Waals surface area contributed by atoms with Crippen LogP contribution in [0, 0.1) is 11.7 Å². The highest BCUT2D eigenvalue weighted by Crippen LogP contribution is 2.29. The first kappa shape index (κ1) is 36.8. The lowest BCUT2D eigenvalue weighted by Gasteiger charge is -2.35. The van der Waals surface area contributed by atoms with E-state index in [0.717, 1.165) is 18.6 Å². The molecule has 3 amide bonds. The highest BCUT2D eigenvalue weighted by atomic mass is 32.2. The summed E-state index contributed by atoms with van der Waals surface area (Å²) in [4.78, 5) is 28.6. The monoisotopic (exact) mass is 684 g/mol. The number of amides is 3. The molecule has 4 atom stereocenters. The molecule has 4 rings (SSSR count). The number of carbonyl (C=O) groups is 2. The molecule has 0 bridgehead atoms. The molecular weight excluding hydrogens is 639 g/mol. The molecule has 1 aliphatic heterocycles. The Morgan fingerprint density at radius 2 is 1.73 bits per heavy atom. The third-order valence-corrected chi connectivity index (χ3v) is 10.1. The van der Waals surface area contributed by atoms with Crippen molar-refractivity contribution in [2.75, 3.05) is 44.0 Å². The summed E-state index contributed by atoms with van der Waals surface area (Å²) in [5.41, 5.74) is 1.18. The third kappa shape index (κ3) is 9.75. The normalized spacial score (nSPS) is 20.3. The van der Waals surface area contributed by atoms with E-state index in [1.807, 2.05) is 19.9 Å². The second-order valence-electron chi connectivity index (χ2n) is 12.2. The molecule has 0 radical (unpaired) electrons. The Balaban J connectivity index is 1.62. The molecule has 1 aliphatic rings. The summed E-state index contributed by atoms with van der Waals surface area (Å²) in [5, 5.41) is 15.7. The van der Waals surface area contributed by atoms with E-state index in [9.17, 15) is 27.5 Å². The Bertz CT molecular complexity index is 1630. The zero-order chi connectivity index (χ0) is 34.8. The molecular formula is C35H45FN4O7S. The van der Waals surface area contributed by atoms with Gasteiger partial charge in [-0.15, -0.1) is 0 Å². The summed E-state index contributed by atoms with van der Waals surface area (Å²) in [5.74, 6) is -1.000. The van der Waals surface area contributed by atoms with Gasteiger partial charge in [0.2, 0.25) is 10.0 Å². The van der Waals surface area contributed by atoms with Gasteiger partial charge in [0, 0.05) is 44.0 Å². The standard InChI is InChI=1S/C35H45FN4O7S/c1-24-21-40(25(2)23-41)34(42)31-20-29(38-35(43)37-28-11-6-5-7-12-28)15-18-32(31)47-26(3)10-8-9-19-46-33(24)22-39(4)48(44,45)30-16-13-27(36)14-17-30/h5-7,11-18,20,24-26,33,41H,8-10,19,21-23H2,1-4H3,(H2,37,38,43)/t24-,25+,26+,33-/m0/s1. The highest BCUT2D eigenvalue weighted by molar-refractivity contribution is 7.89. The van der Waals surface area contributed by atoms with Gasteiger partial charge in [-0.1, -0.05) is 25.1 Å². The van der Waals surface area contributed by atoms with Crippen LogP contribution in [0.4, 0.5) is 20.6 Å². The molecule has 3 aromatic carbocycles. The lowest BCUT2D eigenvalue weighted by atomic mass is 10.0. The van der Waals surface area contributed by atoms with E-state index < -0.39 is 39.9 Å². The van der Waals surface area contributed by atoms with Crippen molar-refractivity contribution in [2.45, 2.75) is 63.2 Å². The molecule has 260 valence electrons. The Hall–Kier alpha value is -4.04. The fourth-order valence-electron chi connectivity index (χ4n) is 5.42. The van der Waals surface area contributed by atoms with Crippen LogP contribution in [0.5, 0.6) is 5.75 Å². The molecule has 0 saturated carbocycles. The van der Waals surface area contributed by atoms with Gasteiger partial charge in [0.1, 0.15) is 11.6 Å². The number of hydrogen-bond acceptors (Lipinski definition) is 7. The molecule has 0 aromatic heterocycles. The van der Waals surface area contributed by atoms with Crippen LogP contribution < -0.4 is 15.4 Å². The summed E-state index contributed by atoms with van der Waals surface area (Å²) in [7, 11) is -2.52.